The number of sulfonamides is 1. The van der Waals surface area contributed by atoms with Gasteiger partial charge in [0.05, 0.1) is 4.90 Å². The standard InChI is InChI=1S/C10H11ClN4O4S/c1-6-14-9(15-19-6)2-3-13-20(17,18)7-4-8(11)10(16)12-5-7/h4-5,13H,2-3H2,1H3,(H,12,16). The SMILES string of the molecule is Cc1nc(CCNS(=O)(=O)c2c[nH]c(=O)c(Cl)c2)no1. The number of rotatable bonds is 5. The molecule has 2 aromatic rings. The Morgan fingerprint density at radius 2 is 2.25 bits per heavy atom. The van der Waals surface area contributed by atoms with E-state index in [9.17, 15) is 13.2 Å². The van der Waals surface area contributed by atoms with E-state index < -0.39 is 15.6 Å². The average Bonchev–Trinajstić information content (AvgIpc) is 2.78. The van der Waals surface area contributed by atoms with Gasteiger partial charge in [-0.05, 0) is 6.07 Å². The summed E-state index contributed by atoms with van der Waals surface area (Å²) in [6.07, 6.45) is 1.36. The van der Waals surface area contributed by atoms with Crippen LogP contribution in [0, 0.1) is 6.92 Å². The lowest BCUT2D eigenvalue weighted by Gasteiger charge is -2.05. The molecule has 0 amide bonds. The first kappa shape index (κ1) is 14.7. The van der Waals surface area contributed by atoms with Crippen LogP contribution in [0.2, 0.25) is 5.02 Å². The summed E-state index contributed by atoms with van der Waals surface area (Å²) in [5, 5.41) is 3.45. The van der Waals surface area contributed by atoms with Crippen molar-refractivity contribution in [3.05, 3.63) is 39.4 Å². The van der Waals surface area contributed by atoms with E-state index in [1.807, 2.05) is 0 Å². The lowest BCUT2D eigenvalue weighted by molar-refractivity contribution is 0.387. The minimum atomic E-state index is -3.75. The van der Waals surface area contributed by atoms with Crippen molar-refractivity contribution in [1.29, 1.82) is 0 Å². The second-order valence-electron chi connectivity index (χ2n) is 3.89. The fraction of sp³-hybridized carbons (Fsp3) is 0.300. The Bertz CT molecular complexity index is 768. The van der Waals surface area contributed by atoms with Crippen molar-refractivity contribution in [2.24, 2.45) is 0 Å². The molecular weight excluding hydrogens is 308 g/mol. The van der Waals surface area contributed by atoms with E-state index in [1.165, 1.54) is 0 Å². The molecular formula is C10H11ClN4O4S. The largest absolute Gasteiger partial charge is 0.340 e. The van der Waals surface area contributed by atoms with Crippen LogP contribution in [0.1, 0.15) is 11.7 Å². The van der Waals surface area contributed by atoms with Gasteiger partial charge in [0.1, 0.15) is 5.02 Å². The van der Waals surface area contributed by atoms with Gasteiger partial charge < -0.3 is 9.51 Å². The molecule has 0 spiro atoms. The van der Waals surface area contributed by atoms with Crippen molar-refractivity contribution in [2.45, 2.75) is 18.2 Å². The lowest BCUT2D eigenvalue weighted by Crippen LogP contribution is -2.27. The molecule has 0 fully saturated rings. The highest BCUT2D eigenvalue weighted by atomic mass is 35.5. The maximum Gasteiger partial charge on any atom is 0.266 e. The summed E-state index contributed by atoms with van der Waals surface area (Å²) < 4.78 is 31.0. The molecule has 2 N–H and O–H groups in total. The van der Waals surface area contributed by atoms with Gasteiger partial charge in [-0.15, -0.1) is 0 Å². The molecule has 8 nitrogen and oxygen atoms in total. The first-order valence-electron chi connectivity index (χ1n) is 5.55. The van der Waals surface area contributed by atoms with Crippen molar-refractivity contribution >= 4 is 21.6 Å². The van der Waals surface area contributed by atoms with Crippen molar-refractivity contribution < 1.29 is 12.9 Å². The summed E-state index contributed by atoms with van der Waals surface area (Å²) in [5.41, 5.74) is -0.548. The van der Waals surface area contributed by atoms with Crippen molar-refractivity contribution in [1.82, 2.24) is 19.8 Å². The number of halogens is 1. The number of nitrogens with zero attached hydrogens (tertiary/aromatic N) is 2. The molecule has 0 bridgehead atoms. The number of hydrogen-bond donors (Lipinski definition) is 2. The smallest absolute Gasteiger partial charge is 0.266 e. The van der Waals surface area contributed by atoms with Crippen molar-refractivity contribution in [3.63, 3.8) is 0 Å². The number of hydrogen-bond acceptors (Lipinski definition) is 6. The number of aromatic amines is 1. The Balaban J connectivity index is 2.03. The van der Waals surface area contributed by atoms with Crippen LogP contribution in [0.25, 0.3) is 0 Å². The number of aromatic nitrogens is 3. The molecule has 0 unspecified atom stereocenters. The normalized spacial score (nSPS) is 11.7. The molecule has 108 valence electrons. The third kappa shape index (κ3) is 3.44. The fourth-order valence-corrected chi connectivity index (χ4v) is 2.68. The van der Waals surface area contributed by atoms with Crippen LogP contribution in [-0.4, -0.2) is 30.1 Å². The molecule has 0 atom stereocenters. The van der Waals surface area contributed by atoms with Gasteiger partial charge >= 0.3 is 0 Å². The van der Waals surface area contributed by atoms with E-state index in [0.717, 1.165) is 12.3 Å². The summed E-state index contributed by atoms with van der Waals surface area (Å²) in [6.45, 7) is 1.74. The summed E-state index contributed by atoms with van der Waals surface area (Å²) in [4.78, 5) is 17.1. The van der Waals surface area contributed by atoms with Crippen molar-refractivity contribution in [2.75, 3.05) is 6.54 Å². The zero-order valence-corrected chi connectivity index (χ0v) is 12.0. The minimum absolute atomic E-state index is 0.0953. The molecule has 0 aromatic carbocycles. The van der Waals surface area contributed by atoms with Crippen LogP contribution in [0.4, 0.5) is 0 Å². The van der Waals surface area contributed by atoms with Crippen LogP contribution >= 0.6 is 11.6 Å². The second-order valence-corrected chi connectivity index (χ2v) is 6.06. The molecule has 0 saturated carbocycles. The van der Waals surface area contributed by atoms with Gasteiger partial charge in [-0.3, -0.25) is 4.79 Å². The topological polar surface area (TPSA) is 118 Å². The fourth-order valence-electron chi connectivity index (χ4n) is 1.42. The van der Waals surface area contributed by atoms with Gasteiger partial charge in [0, 0.05) is 26.1 Å². The van der Waals surface area contributed by atoms with Crippen molar-refractivity contribution in [3.8, 4) is 0 Å². The monoisotopic (exact) mass is 318 g/mol. The summed E-state index contributed by atoms with van der Waals surface area (Å²) in [5.74, 6) is 0.819. The first-order chi connectivity index (χ1) is 9.38. The Labute approximate surface area is 119 Å². The van der Waals surface area contributed by atoms with E-state index >= 15 is 0 Å². The predicted octanol–water partition coefficient (Wildman–Crippen LogP) is 0.241. The molecule has 0 aliphatic heterocycles. The second kappa shape index (κ2) is 5.73. The molecule has 0 radical (unpaired) electrons. The average molecular weight is 319 g/mol. The molecule has 20 heavy (non-hydrogen) atoms. The number of H-pyrrole nitrogens is 1. The third-order valence-corrected chi connectivity index (χ3v) is 4.07. The maximum absolute atomic E-state index is 11.9. The Morgan fingerprint density at radius 3 is 2.85 bits per heavy atom. The van der Waals surface area contributed by atoms with Gasteiger partial charge in [0.2, 0.25) is 15.9 Å². The predicted molar refractivity (Wildman–Crippen MR) is 70.0 cm³/mol. The maximum atomic E-state index is 11.9. The molecule has 0 saturated heterocycles. The molecule has 2 aromatic heterocycles. The van der Waals surface area contributed by atoms with Gasteiger partial charge in [0.15, 0.2) is 5.82 Å². The summed E-state index contributed by atoms with van der Waals surface area (Å²) >= 11 is 5.58. The Kier molecular flexibility index (Phi) is 4.21. The lowest BCUT2D eigenvalue weighted by atomic mass is 10.4. The number of aryl methyl sites for hydroxylation is 1. The Morgan fingerprint density at radius 1 is 1.50 bits per heavy atom. The van der Waals surface area contributed by atoms with E-state index in [-0.39, 0.29) is 22.9 Å². The quantitative estimate of drug-likeness (QED) is 0.815. The number of nitrogens with one attached hydrogen (secondary N) is 2. The summed E-state index contributed by atoms with van der Waals surface area (Å²) in [6, 6.07) is 1.08. The Hall–Kier alpha value is -1.71. The summed E-state index contributed by atoms with van der Waals surface area (Å²) in [7, 11) is -3.75. The van der Waals surface area contributed by atoms with E-state index in [2.05, 4.69) is 19.8 Å². The van der Waals surface area contributed by atoms with Crippen LogP contribution in [0.15, 0.2) is 26.5 Å². The molecule has 2 heterocycles. The highest BCUT2D eigenvalue weighted by molar-refractivity contribution is 7.89. The highest BCUT2D eigenvalue weighted by Gasteiger charge is 2.15. The van der Waals surface area contributed by atoms with Crippen LogP contribution < -0.4 is 10.3 Å². The van der Waals surface area contributed by atoms with Crippen LogP contribution in [-0.2, 0) is 16.4 Å². The van der Waals surface area contributed by atoms with E-state index in [4.69, 9.17) is 16.1 Å². The number of pyridine rings is 1. The van der Waals surface area contributed by atoms with Gasteiger partial charge in [-0.1, -0.05) is 16.8 Å². The van der Waals surface area contributed by atoms with Crippen LogP contribution in [0.5, 0.6) is 0 Å². The van der Waals surface area contributed by atoms with E-state index in [0.29, 0.717) is 11.7 Å². The molecule has 10 heteroatoms. The van der Waals surface area contributed by atoms with Crippen LogP contribution in [0.3, 0.4) is 0 Å². The van der Waals surface area contributed by atoms with E-state index in [1.54, 1.807) is 6.92 Å². The zero-order valence-electron chi connectivity index (χ0n) is 10.4. The van der Waals surface area contributed by atoms with Gasteiger partial charge in [0.25, 0.3) is 5.56 Å². The highest BCUT2D eigenvalue weighted by Crippen LogP contribution is 2.10. The van der Waals surface area contributed by atoms with Gasteiger partial charge in [-0.2, -0.15) is 4.98 Å². The molecule has 2 rings (SSSR count). The zero-order chi connectivity index (χ0) is 14.8. The molecule has 0 aliphatic rings. The molecule has 0 aliphatic carbocycles. The van der Waals surface area contributed by atoms with Gasteiger partial charge in [-0.25, -0.2) is 13.1 Å². The minimum Gasteiger partial charge on any atom is -0.340 e. The third-order valence-electron chi connectivity index (χ3n) is 2.35. The first-order valence-corrected chi connectivity index (χ1v) is 7.42.